The van der Waals surface area contributed by atoms with E-state index in [9.17, 15) is 19.5 Å². The Kier molecular flexibility index (Phi) is 9.20. The first-order chi connectivity index (χ1) is 19.0. The van der Waals surface area contributed by atoms with Gasteiger partial charge in [-0.15, -0.1) is 0 Å². The summed E-state index contributed by atoms with van der Waals surface area (Å²) in [4.78, 5) is 41.9. The molecular formula is C32H36N2O5S. The second-order valence-corrected chi connectivity index (χ2v) is 10.3. The predicted octanol–water partition coefficient (Wildman–Crippen LogP) is 4.65. The number of hydrogen-bond donors (Lipinski definition) is 2. The molecule has 0 unspecified atom stereocenters. The van der Waals surface area contributed by atoms with E-state index in [4.69, 9.17) is 4.74 Å². The number of piperidine rings is 1. The number of rotatable bonds is 6. The van der Waals surface area contributed by atoms with Crippen molar-refractivity contribution in [1.29, 1.82) is 0 Å². The van der Waals surface area contributed by atoms with Crippen LogP contribution in [0.1, 0.15) is 65.6 Å². The van der Waals surface area contributed by atoms with Crippen LogP contribution in [0.25, 0.3) is 0 Å². The highest BCUT2D eigenvalue weighted by atomic mass is 32.1. The number of nitrogens with zero attached hydrogens (tertiary/aromatic N) is 1. The van der Waals surface area contributed by atoms with Gasteiger partial charge < -0.3 is 20.1 Å². The minimum atomic E-state index is -0.953. The summed E-state index contributed by atoms with van der Waals surface area (Å²) in [7, 11) is 0. The Morgan fingerprint density at radius 1 is 0.925 bits per heavy atom. The number of nitrogens with one attached hydrogen (secondary N) is 1. The minimum absolute atomic E-state index is 0. The van der Waals surface area contributed by atoms with E-state index in [0.29, 0.717) is 38.8 Å². The van der Waals surface area contributed by atoms with Gasteiger partial charge >= 0.3 is 5.97 Å². The Morgan fingerprint density at radius 2 is 1.57 bits per heavy atom. The molecule has 40 heavy (non-hydrogen) atoms. The molecule has 1 heterocycles. The number of carbonyl (C=O) groups is 3. The fourth-order valence-electron chi connectivity index (χ4n) is 6.10. The standard InChI is InChI=1S/C32H34N2O5.H2S/c1-2-39-31(38)32(22-10-4-3-5-11-22)19-16-25(24-12-6-8-14-27(24)32)30(37)34-20-17-23(18-21-34)33-29(36)26-13-7-9-15-28(26)35;/h3-15,23,25,35H,2,16-21H2,1H3,(H,33,36);1H2/t25-,32+;/m0./s1. The number of esters is 1. The van der Waals surface area contributed by atoms with Crippen molar-refractivity contribution in [3.63, 3.8) is 0 Å². The lowest BCUT2D eigenvalue weighted by atomic mass is 9.63. The molecule has 0 spiro atoms. The Balaban J connectivity index is 0.00000370. The number of ether oxygens (including phenoxy) is 1. The number of phenols is 1. The van der Waals surface area contributed by atoms with Gasteiger partial charge in [0.25, 0.3) is 5.91 Å². The number of hydrogen-bond acceptors (Lipinski definition) is 5. The van der Waals surface area contributed by atoms with Crippen molar-refractivity contribution >= 4 is 31.3 Å². The van der Waals surface area contributed by atoms with E-state index < -0.39 is 5.41 Å². The van der Waals surface area contributed by atoms with Crippen LogP contribution in [0.5, 0.6) is 5.75 Å². The fraction of sp³-hybridized carbons (Fsp3) is 0.344. The van der Waals surface area contributed by atoms with Crippen LogP contribution in [0, 0.1) is 0 Å². The molecule has 1 aliphatic heterocycles. The maximum absolute atomic E-state index is 13.8. The third-order valence-electron chi connectivity index (χ3n) is 8.08. The van der Waals surface area contributed by atoms with Crippen molar-refractivity contribution in [3.05, 3.63) is 101 Å². The number of amides is 2. The molecule has 1 saturated heterocycles. The first-order valence-corrected chi connectivity index (χ1v) is 13.7. The molecule has 0 aromatic heterocycles. The van der Waals surface area contributed by atoms with Gasteiger partial charge in [-0.2, -0.15) is 13.5 Å². The second-order valence-electron chi connectivity index (χ2n) is 10.3. The van der Waals surface area contributed by atoms with Crippen LogP contribution in [0.4, 0.5) is 0 Å². The van der Waals surface area contributed by atoms with Gasteiger partial charge in [0.05, 0.1) is 18.1 Å². The number of para-hydroxylation sites is 1. The average Bonchev–Trinajstić information content (AvgIpc) is 2.97. The number of fused-ring (bicyclic) bond motifs is 1. The van der Waals surface area contributed by atoms with E-state index in [1.54, 1.807) is 18.2 Å². The van der Waals surface area contributed by atoms with Crippen molar-refractivity contribution in [3.8, 4) is 5.75 Å². The molecule has 8 heteroatoms. The normalized spacial score (nSPS) is 20.5. The highest BCUT2D eigenvalue weighted by Crippen LogP contribution is 2.48. The van der Waals surface area contributed by atoms with E-state index in [0.717, 1.165) is 16.7 Å². The summed E-state index contributed by atoms with van der Waals surface area (Å²) in [5.74, 6) is -0.933. The van der Waals surface area contributed by atoms with Crippen molar-refractivity contribution in [2.45, 2.75) is 50.0 Å². The Bertz CT molecular complexity index is 1360. The Morgan fingerprint density at radius 3 is 2.27 bits per heavy atom. The lowest BCUT2D eigenvalue weighted by molar-refractivity contribution is -0.149. The third-order valence-corrected chi connectivity index (χ3v) is 8.08. The van der Waals surface area contributed by atoms with Gasteiger partial charge in [-0.25, -0.2) is 0 Å². The summed E-state index contributed by atoms with van der Waals surface area (Å²) >= 11 is 0. The molecule has 3 aromatic carbocycles. The SMILES string of the molecule is CCOC(=O)[C@@]1(c2ccccc2)CC[C@H](C(=O)N2CCC(NC(=O)c3ccccc3O)CC2)c2ccccc21.S. The van der Waals surface area contributed by atoms with Crippen LogP contribution in [-0.4, -0.2) is 53.5 Å². The molecule has 7 nitrogen and oxygen atoms in total. The van der Waals surface area contributed by atoms with E-state index in [2.05, 4.69) is 5.32 Å². The number of carbonyl (C=O) groups excluding carboxylic acids is 3. The summed E-state index contributed by atoms with van der Waals surface area (Å²) < 4.78 is 5.61. The van der Waals surface area contributed by atoms with Gasteiger partial charge in [0.15, 0.2) is 0 Å². The summed E-state index contributed by atoms with van der Waals surface area (Å²) in [6, 6.07) is 23.9. The topological polar surface area (TPSA) is 95.9 Å². The van der Waals surface area contributed by atoms with Crippen LogP contribution in [-0.2, 0) is 19.7 Å². The minimum Gasteiger partial charge on any atom is -0.507 e. The summed E-state index contributed by atoms with van der Waals surface area (Å²) in [5.41, 5.74) is 1.89. The van der Waals surface area contributed by atoms with Crippen LogP contribution < -0.4 is 5.32 Å². The molecule has 5 rings (SSSR count). The summed E-state index contributed by atoms with van der Waals surface area (Å²) in [5, 5.41) is 13.0. The van der Waals surface area contributed by atoms with Crippen molar-refractivity contribution in [2.75, 3.05) is 19.7 Å². The van der Waals surface area contributed by atoms with Gasteiger partial charge in [0, 0.05) is 19.1 Å². The zero-order chi connectivity index (χ0) is 27.4. The summed E-state index contributed by atoms with van der Waals surface area (Å²) in [6.07, 6.45) is 2.29. The average molecular weight is 561 g/mol. The van der Waals surface area contributed by atoms with Crippen molar-refractivity contribution in [2.24, 2.45) is 0 Å². The molecule has 2 atom stereocenters. The van der Waals surface area contributed by atoms with Crippen LogP contribution in [0.15, 0.2) is 78.9 Å². The highest BCUT2D eigenvalue weighted by molar-refractivity contribution is 7.59. The molecule has 1 aliphatic carbocycles. The van der Waals surface area contributed by atoms with Gasteiger partial charge in [0.2, 0.25) is 5.91 Å². The third kappa shape index (κ3) is 5.45. The second kappa shape index (κ2) is 12.6. The molecule has 2 amide bonds. The highest BCUT2D eigenvalue weighted by Gasteiger charge is 2.50. The number of likely N-dealkylation sites (tertiary alicyclic amines) is 1. The molecule has 210 valence electrons. The summed E-state index contributed by atoms with van der Waals surface area (Å²) in [6.45, 7) is 3.16. The molecule has 0 bridgehead atoms. The zero-order valence-electron chi connectivity index (χ0n) is 22.6. The molecule has 2 N–H and O–H groups in total. The first kappa shape index (κ1) is 29.2. The van der Waals surface area contributed by atoms with E-state index in [1.807, 2.05) is 66.4 Å². The molecule has 2 aliphatic rings. The largest absolute Gasteiger partial charge is 0.507 e. The zero-order valence-corrected chi connectivity index (χ0v) is 23.6. The Labute approximate surface area is 242 Å². The first-order valence-electron chi connectivity index (χ1n) is 13.7. The van der Waals surface area contributed by atoms with Gasteiger partial charge in [0.1, 0.15) is 11.2 Å². The molecular weight excluding hydrogens is 524 g/mol. The maximum Gasteiger partial charge on any atom is 0.321 e. The molecule has 0 radical (unpaired) electrons. The van der Waals surface area contributed by atoms with Gasteiger partial charge in [-0.3, -0.25) is 14.4 Å². The van der Waals surface area contributed by atoms with Gasteiger partial charge in [-0.1, -0.05) is 66.7 Å². The Hall–Kier alpha value is -3.78. The van der Waals surface area contributed by atoms with Crippen LogP contribution in [0.2, 0.25) is 0 Å². The van der Waals surface area contributed by atoms with Gasteiger partial charge in [-0.05, 0) is 61.4 Å². The molecule has 3 aromatic rings. The maximum atomic E-state index is 13.8. The molecule has 1 fully saturated rings. The fourth-order valence-corrected chi connectivity index (χ4v) is 6.10. The number of benzene rings is 3. The lowest BCUT2D eigenvalue weighted by Gasteiger charge is -2.42. The monoisotopic (exact) mass is 560 g/mol. The van der Waals surface area contributed by atoms with E-state index in [-0.39, 0.29) is 61.2 Å². The van der Waals surface area contributed by atoms with Crippen LogP contribution >= 0.6 is 13.5 Å². The predicted molar refractivity (Wildman–Crippen MR) is 158 cm³/mol. The van der Waals surface area contributed by atoms with E-state index in [1.165, 1.54) is 6.07 Å². The molecule has 0 saturated carbocycles. The van der Waals surface area contributed by atoms with Crippen LogP contribution in [0.3, 0.4) is 0 Å². The number of phenolic OH excluding ortho intramolecular Hbond substituents is 1. The van der Waals surface area contributed by atoms with E-state index >= 15 is 0 Å². The smallest absolute Gasteiger partial charge is 0.321 e. The number of aromatic hydroxyl groups is 1. The van der Waals surface area contributed by atoms with Crippen molar-refractivity contribution in [1.82, 2.24) is 10.2 Å². The lowest BCUT2D eigenvalue weighted by Crippen LogP contribution is -2.49. The quantitative estimate of drug-likeness (QED) is 0.428. The van der Waals surface area contributed by atoms with Crippen molar-refractivity contribution < 1.29 is 24.2 Å².